The van der Waals surface area contributed by atoms with Crippen molar-refractivity contribution < 1.29 is 0 Å². The summed E-state index contributed by atoms with van der Waals surface area (Å²) in [5, 5.41) is 3.75. The molecule has 3 rings (SSSR count). The van der Waals surface area contributed by atoms with Crippen LogP contribution in [0.15, 0.2) is 35.1 Å². The van der Waals surface area contributed by atoms with E-state index in [1.165, 1.54) is 4.52 Å². The smallest absolute Gasteiger partial charge is 0.272 e. The molecule has 0 atom stereocenters. The summed E-state index contributed by atoms with van der Waals surface area (Å²) in [6.07, 6.45) is 1.75. The fraction of sp³-hybridized carbons (Fsp3) is 0.250. The highest BCUT2D eigenvalue weighted by Gasteiger charge is 2.14. The largest absolute Gasteiger partial charge is 0.293 e. The molecule has 0 unspecified atom stereocenters. The Morgan fingerprint density at radius 2 is 2.14 bits per heavy atom. The lowest BCUT2D eigenvalue weighted by Gasteiger charge is -2.03. The van der Waals surface area contributed by atoms with Crippen LogP contribution in [-0.4, -0.2) is 14.6 Å². The first-order valence-electron chi connectivity index (χ1n) is 6.97. The van der Waals surface area contributed by atoms with Gasteiger partial charge in [0.1, 0.15) is 0 Å². The van der Waals surface area contributed by atoms with E-state index in [2.05, 4.69) is 17.0 Å². The zero-order valence-electron chi connectivity index (χ0n) is 12.0. The molecule has 0 aliphatic heterocycles. The van der Waals surface area contributed by atoms with Crippen molar-refractivity contribution in [3.63, 3.8) is 0 Å². The second-order valence-corrected chi connectivity index (χ2v) is 5.55. The number of halogens is 1. The average Bonchev–Trinajstić information content (AvgIpc) is 2.76. The summed E-state index contributed by atoms with van der Waals surface area (Å²) in [5.74, 6) is 0. The summed E-state index contributed by atoms with van der Waals surface area (Å²) in [4.78, 5) is 16.8. The maximum Gasteiger partial charge on any atom is 0.272 e. The van der Waals surface area contributed by atoms with E-state index >= 15 is 0 Å². The number of aryl methyl sites for hydroxylation is 2. The van der Waals surface area contributed by atoms with Crippen molar-refractivity contribution in [2.75, 3.05) is 0 Å². The highest BCUT2D eigenvalue weighted by atomic mass is 35.5. The summed E-state index contributed by atoms with van der Waals surface area (Å²) in [6, 6.07) is 9.18. The Kier molecular flexibility index (Phi) is 3.55. The van der Waals surface area contributed by atoms with Crippen molar-refractivity contribution in [1.29, 1.82) is 0 Å². The minimum absolute atomic E-state index is 0.0835. The van der Waals surface area contributed by atoms with E-state index in [1.807, 2.05) is 31.2 Å². The van der Waals surface area contributed by atoms with Crippen molar-refractivity contribution >= 4 is 17.2 Å². The lowest BCUT2D eigenvalue weighted by Crippen LogP contribution is -2.15. The summed E-state index contributed by atoms with van der Waals surface area (Å²) in [6.45, 7) is 4.01. The van der Waals surface area contributed by atoms with Gasteiger partial charge in [-0.1, -0.05) is 37.1 Å². The molecule has 0 saturated heterocycles. The predicted octanol–water partition coefficient (Wildman–Crippen LogP) is 3.60. The van der Waals surface area contributed by atoms with Gasteiger partial charge in [0, 0.05) is 28.0 Å². The molecule has 0 saturated carbocycles. The van der Waals surface area contributed by atoms with Crippen LogP contribution in [-0.2, 0) is 6.42 Å². The molecular weight excluding hydrogens is 286 g/mol. The van der Waals surface area contributed by atoms with Crippen molar-refractivity contribution in [2.24, 2.45) is 0 Å². The summed E-state index contributed by atoms with van der Waals surface area (Å²) in [7, 11) is 0. The van der Waals surface area contributed by atoms with Crippen LogP contribution in [0.5, 0.6) is 0 Å². The molecule has 0 fully saturated rings. The Bertz CT molecular complexity index is 864. The van der Waals surface area contributed by atoms with Crippen LogP contribution < -0.4 is 5.56 Å². The Labute approximate surface area is 127 Å². The molecule has 4 nitrogen and oxygen atoms in total. The number of H-pyrrole nitrogens is 1. The van der Waals surface area contributed by atoms with Crippen LogP contribution in [0.4, 0.5) is 0 Å². The molecule has 3 aromatic rings. The monoisotopic (exact) mass is 301 g/mol. The van der Waals surface area contributed by atoms with Crippen molar-refractivity contribution in [2.45, 2.75) is 26.7 Å². The normalized spacial score (nSPS) is 11.2. The van der Waals surface area contributed by atoms with Gasteiger partial charge in [0.25, 0.3) is 5.56 Å². The number of aromatic nitrogens is 3. The molecule has 21 heavy (non-hydrogen) atoms. The maximum atomic E-state index is 12.2. The minimum Gasteiger partial charge on any atom is -0.293 e. The van der Waals surface area contributed by atoms with E-state index in [1.54, 1.807) is 6.07 Å². The third-order valence-corrected chi connectivity index (χ3v) is 3.70. The average molecular weight is 302 g/mol. The molecule has 108 valence electrons. The molecule has 0 amide bonds. The number of nitrogens with zero attached hydrogens (tertiary/aromatic N) is 2. The number of rotatable bonds is 3. The van der Waals surface area contributed by atoms with Crippen molar-refractivity contribution in [3.05, 3.63) is 57.1 Å². The van der Waals surface area contributed by atoms with E-state index < -0.39 is 0 Å². The van der Waals surface area contributed by atoms with Gasteiger partial charge in [-0.2, -0.15) is 0 Å². The van der Waals surface area contributed by atoms with E-state index in [0.29, 0.717) is 10.7 Å². The first-order valence-corrected chi connectivity index (χ1v) is 7.35. The van der Waals surface area contributed by atoms with E-state index in [9.17, 15) is 4.79 Å². The Hall–Kier alpha value is -2.07. The molecule has 1 aromatic carbocycles. The molecule has 2 heterocycles. The van der Waals surface area contributed by atoms with Crippen LogP contribution in [0.1, 0.15) is 24.7 Å². The van der Waals surface area contributed by atoms with Gasteiger partial charge in [-0.25, -0.2) is 9.50 Å². The summed E-state index contributed by atoms with van der Waals surface area (Å²) < 4.78 is 1.49. The molecule has 0 spiro atoms. The van der Waals surface area contributed by atoms with Crippen LogP contribution in [0.2, 0.25) is 5.02 Å². The van der Waals surface area contributed by atoms with E-state index in [0.717, 1.165) is 35.4 Å². The van der Waals surface area contributed by atoms with Gasteiger partial charge in [0.05, 0.1) is 0 Å². The third kappa shape index (κ3) is 2.47. The van der Waals surface area contributed by atoms with Crippen LogP contribution in [0, 0.1) is 6.92 Å². The zero-order chi connectivity index (χ0) is 15.0. The molecule has 0 bridgehead atoms. The molecule has 0 aliphatic rings. The standard InChI is InChI=1S/C16H16ClN3O/c1-3-5-13-9-14(21)20-16(18-13)15(10(2)19-20)11-6-4-7-12(17)8-11/h4,6-9,19H,3,5H2,1-2H3. The SMILES string of the molecule is CCCc1cc(=O)n2[nH]c(C)c(-c3cccc(Cl)c3)c2n1. The lowest BCUT2D eigenvalue weighted by atomic mass is 10.1. The number of hydrogen-bond acceptors (Lipinski definition) is 2. The minimum atomic E-state index is -0.0835. The van der Waals surface area contributed by atoms with Gasteiger partial charge in [-0.3, -0.25) is 9.89 Å². The van der Waals surface area contributed by atoms with Gasteiger partial charge in [0.15, 0.2) is 5.65 Å². The van der Waals surface area contributed by atoms with Gasteiger partial charge in [0.2, 0.25) is 0 Å². The second kappa shape index (κ2) is 5.37. The van der Waals surface area contributed by atoms with Gasteiger partial charge in [-0.15, -0.1) is 0 Å². The number of benzene rings is 1. The molecule has 5 heteroatoms. The summed E-state index contributed by atoms with van der Waals surface area (Å²) in [5.41, 5.74) is 4.18. The Morgan fingerprint density at radius 3 is 2.86 bits per heavy atom. The summed E-state index contributed by atoms with van der Waals surface area (Å²) >= 11 is 6.08. The molecule has 2 aromatic heterocycles. The van der Waals surface area contributed by atoms with Crippen LogP contribution >= 0.6 is 11.6 Å². The maximum absolute atomic E-state index is 12.2. The Morgan fingerprint density at radius 1 is 1.33 bits per heavy atom. The van der Waals surface area contributed by atoms with Crippen molar-refractivity contribution in [3.8, 4) is 11.1 Å². The van der Waals surface area contributed by atoms with Gasteiger partial charge in [-0.05, 0) is 31.0 Å². The number of fused-ring (bicyclic) bond motifs is 1. The van der Waals surface area contributed by atoms with E-state index in [-0.39, 0.29) is 5.56 Å². The third-order valence-electron chi connectivity index (χ3n) is 3.47. The highest BCUT2D eigenvalue weighted by molar-refractivity contribution is 6.30. The molecular formula is C16H16ClN3O. The highest BCUT2D eigenvalue weighted by Crippen LogP contribution is 2.28. The fourth-order valence-corrected chi connectivity index (χ4v) is 2.76. The first kappa shape index (κ1) is 13.9. The number of aromatic amines is 1. The first-order chi connectivity index (χ1) is 10.1. The second-order valence-electron chi connectivity index (χ2n) is 5.12. The number of nitrogens with one attached hydrogen (secondary N) is 1. The molecule has 0 aliphatic carbocycles. The number of hydrogen-bond donors (Lipinski definition) is 1. The zero-order valence-corrected chi connectivity index (χ0v) is 12.7. The van der Waals surface area contributed by atoms with Crippen LogP contribution in [0.25, 0.3) is 16.8 Å². The molecule has 1 N–H and O–H groups in total. The topological polar surface area (TPSA) is 50.2 Å². The van der Waals surface area contributed by atoms with E-state index in [4.69, 9.17) is 11.6 Å². The van der Waals surface area contributed by atoms with Gasteiger partial charge < -0.3 is 0 Å². The van der Waals surface area contributed by atoms with Crippen molar-refractivity contribution in [1.82, 2.24) is 14.6 Å². The quantitative estimate of drug-likeness (QED) is 0.803. The van der Waals surface area contributed by atoms with Gasteiger partial charge >= 0.3 is 0 Å². The molecule has 0 radical (unpaired) electrons. The predicted molar refractivity (Wildman–Crippen MR) is 85.0 cm³/mol. The Balaban J connectivity index is 2.31. The van der Waals surface area contributed by atoms with Crippen LogP contribution in [0.3, 0.4) is 0 Å². The lowest BCUT2D eigenvalue weighted by molar-refractivity contribution is 0.833. The fourth-order valence-electron chi connectivity index (χ4n) is 2.57.